The predicted octanol–water partition coefficient (Wildman–Crippen LogP) is 4.99. The van der Waals surface area contributed by atoms with E-state index in [9.17, 15) is 13.2 Å². The quantitative estimate of drug-likeness (QED) is 0.522. The van der Waals surface area contributed by atoms with E-state index < -0.39 is 11.7 Å². The minimum Gasteiger partial charge on any atom is -0.277 e. The summed E-state index contributed by atoms with van der Waals surface area (Å²) in [5, 5.41) is 15.1. The average Bonchev–Trinajstić information content (AvgIpc) is 3.20. The molecule has 0 unspecified atom stereocenters. The van der Waals surface area contributed by atoms with Crippen LogP contribution in [0.4, 0.5) is 13.2 Å². The summed E-state index contributed by atoms with van der Waals surface area (Å²) in [6, 6.07) is 10.8. The Kier molecular flexibility index (Phi) is 3.75. The first-order valence-corrected chi connectivity index (χ1v) is 9.05. The lowest BCUT2D eigenvalue weighted by molar-refractivity contribution is -0.137. The van der Waals surface area contributed by atoms with Crippen LogP contribution in [0, 0.1) is 5.92 Å². The van der Waals surface area contributed by atoms with Gasteiger partial charge in [-0.05, 0) is 49.1 Å². The third kappa shape index (κ3) is 3.15. The molecule has 1 saturated carbocycles. The highest BCUT2D eigenvalue weighted by Crippen LogP contribution is 2.35. The Hall–Kier alpha value is -3.16. The van der Waals surface area contributed by atoms with E-state index in [1.54, 1.807) is 6.07 Å². The summed E-state index contributed by atoms with van der Waals surface area (Å²) in [6.07, 6.45) is -1.03. The number of alkyl halides is 3. The van der Waals surface area contributed by atoms with Crippen LogP contribution in [0.3, 0.4) is 0 Å². The number of rotatable bonds is 4. The Morgan fingerprint density at radius 2 is 1.82 bits per heavy atom. The van der Waals surface area contributed by atoms with E-state index in [-0.39, 0.29) is 0 Å². The van der Waals surface area contributed by atoms with E-state index in [0.29, 0.717) is 23.0 Å². The summed E-state index contributed by atoms with van der Waals surface area (Å²) in [4.78, 5) is 4.55. The molecule has 8 heteroatoms. The fourth-order valence-electron chi connectivity index (χ4n) is 3.33. The van der Waals surface area contributed by atoms with Gasteiger partial charge in [-0.2, -0.15) is 23.4 Å². The van der Waals surface area contributed by atoms with Crippen molar-refractivity contribution < 1.29 is 13.2 Å². The SMILES string of the molecule is FC(F)(F)c1cccc(-c2n[nH]c3ccc(-c4n[nH]c(CC5CC5)n4)cc23)c1. The van der Waals surface area contributed by atoms with Crippen LogP contribution in [-0.4, -0.2) is 25.4 Å². The highest BCUT2D eigenvalue weighted by Gasteiger charge is 2.30. The number of benzene rings is 2. The molecule has 5 nitrogen and oxygen atoms in total. The standard InChI is InChI=1S/C20H16F3N5/c21-20(22,23)14-3-1-2-12(9-14)18-15-10-13(6-7-16(15)25-27-18)19-24-17(26-28-19)8-11-4-5-11/h1-3,6-7,9-11H,4-5,8H2,(H,25,27)(H,24,26,28). The van der Waals surface area contributed by atoms with Gasteiger partial charge in [0.25, 0.3) is 0 Å². The molecule has 0 amide bonds. The second kappa shape index (κ2) is 6.19. The normalized spacial score (nSPS) is 14.7. The lowest BCUT2D eigenvalue weighted by Gasteiger charge is -2.07. The zero-order valence-electron chi connectivity index (χ0n) is 14.7. The summed E-state index contributed by atoms with van der Waals surface area (Å²) < 4.78 is 39.2. The van der Waals surface area contributed by atoms with Crippen molar-refractivity contribution in [1.82, 2.24) is 25.4 Å². The molecule has 1 aliphatic carbocycles. The van der Waals surface area contributed by atoms with Gasteiger partial charge in [0.1, 0.15) is 5.82 Å². The zero-order chi connectivity index (χ0) is 19.3. The number of hydrogen-bond donors (Lipinski definition) is 2. The largest absolute Gasteiger partial charge is 0.416 e. The molecular formula is C20H16F3N5. The molecule has 0 atom stereocenters. The maximum absolute atomic E-state index is 13.1. The topological polar surface area (TPSA) is 70.2 Å². The Morgan fingerprint density at radius 1 is 0.964 bits per heavy atom. The molecule has 142 valence electrons. The van der Waals surface area contributed by atoms with Crippen LogP contribution < -0.4 is 0 Å². The first kappa shape index (κ1) is 17.0. The van der Waals surface area contributed by atoms with Gasteiger partial charge in [0.15, 0.2) is 5.82 Å². The van der Waals surface area contributed by atoms with E-state index in [1.165, 1.54) is 18.9 Å². The number of aromatic nitrogens is 5. The van der Waals surface area contributed by atoms with Gasteiger partial charge in [0, 0.05) is 22.9 Å². The van der Waals surface area contributed by atoms with Crippen molar-refractivity contribution in [3.63, 3.8) is 0 Å². The van der Waals surface area contributed by atoms with Gasteiger partial charge in [-0.1, -0.05) is 12.1 Å². The number of hydrogen-bond acceptors (Lipinski definition) is 3. The van der Waals surface area contributed by atoms with E-state index in [4.69, 9.17) is 0 Å². The number of fused-ring (bicyclic) bond motifs is 1. The van der Waals surface area contributed by atoms with Gasteiger partial charge in [-0.15, -0.1) is 0 Å². The van der Waals surface area contributed by atoms with E-state index >= 15 is 0 Å². The molecular weight excluding hydrogens is 367 g/mol. The fraction of sp³-hybridized carbons (Fsp3) is 0.250. The van der Waals surface area contributed by atoms with Crippen molar-refractivity contribution in [3.05, 3.63) is 53.9 Å². The molecule has 2 heterocycles. The van der Waals surface area contributed by atoms with Gasteiger partial charge < -0.3 is 0 Å². The summed E-state index contributed by atoms with van der Waals surface area (Å²) >= 11 is 0. The molecule has 2 aromatic carbocycles. The molecule has 5 rings (SSSR count). The van der Waals surface area contributed by atoms with Crippen LogP contribution in [0.1, 0.15) is 24.2 Å². The molecule has 2 aromatic heterocycles. The molecule has 28 heavy (non-hydrogen) atoms. The Bertz CT molecular complexity index is 1150. The smallest absolute Gasteiger partial charge is 0.277 e. The van der Waals surface area contributed by atoms with Crippen molar-refractivity contribution in [2.24, 2.45) is 5.92 Å². The Labute approximate surface area is 158 Å². The summed E-state index contributed by atoms with van der Waals surface area (Å²) in [7, 11) is 0. The van der Waals surface area contributed by atoms with E-state index in [2.05, 4.69) is 25.4 Å². The number of nitrogens with one attached hydrogen (secondary N) is 2. The minimum absolute atomic E-state index is 0.405. The molecule has 1 aliphatic rings. The van der Waals surface area contributed by atoms with Crippen LogP contribution in [-0.2, 0) is 12.6 Å². The fourth-order valence-corrected chi connectivity index (χ4v) is 3.33. The van der Waals surface area contributed by atoms with Gasteiger partial charge in [0.2, 0.25) is 0 Å². The van der Waals surface area contributed by atoms with E-state index in [0.717, 1.165) is 40.8 Å². The lowest BCUT2D eigenvalue weighted by Crippen LogP contribution is -2.04. The second-order valence-electron chi connectivity index (χ2n) is 7.16. The maximum atomic E-state index is 13.1. The third-order valence-corrected chi connectivity index (χ3v) is 5.00. The van der Waals surface area contributed by atoms with Crippen molar-refractivity contribution in [2.75, 3.05) is 0 Å². The summed E-state index contributed by atoms with van der Waals surface area (Å²) in [6.45, 7) is 0. The van der Waals surface area contributed by atoms with Crippen LogP contribution in [0.5, 0.6) is 0 Å². The van der Waals surface area contributed by atoms with Crippen LogP contribution >= 0.6 is 0 Å². The lowest BCUT2D eigenvalue weighted by atomic mass is 10.0. The van der Waals surface area contributed by atoms with E-state index in [1.807, 2.05) is 18.2 Å². The zero-order valence-corrected chi connectivity index (χ0v) is 14.7. The molecule has 2 N–H and O–H groups in total. The monoisotopic (exact) mass is 383 g/mol. The van der Waals surface area contributed by atoms with Crippen molar-refractivity contribution in [1.29, 1.82) is 0 Å². The molecule has 0 radical (unpaired) electrons. The molecule has 0 saturated heterocycles. The summed E-state index contributed by atoms with van der Waals surface area (Å²) in [5.74, 6) is 2.14. The van der Waals surface area contributed by atoms with Crippen LogP contribution in [0.25, 0.3) is 33.5 Å². The van der Waals surface area contributed by atoms with Gasteiger partial charge >= 0.3 is 6.18 Å². The number of halogens is 3. The van der Waals surface area contributed by atoms with Crippen LogP contribution in [0.2, 0.25) is 0 Å². The van der Waals surface area contributed by atoms with Gasteiger partial charge in [-0.3, -0.25) is 10.2 Å². The molecule has 1 fully saturated rings. The maximum Gasteiger partial charge on any atom is 0.416 e. The number of nitrogens with zero attached hydrogens (tertiary/aromatic N) is 3. The Balaban J connectivity index is 1.54. The molecule has 0 spiro atoms. The molecule has 0 aliphatic heterocycles. The van der Waals surface area contributed by atoms with Crippen molar-refractivity contribution in [3.8, 4) is 22.6 Å². The van der Waals surface area contributed by atoms with Crippen molar-refractivity contribution in [2.45, 2.75) is 25.4 Å². The first-order valence-electron chi connectivity index (χ1n) is 9.05. The summed E-state index contributed by atoms with van der Waals surface area (Å²) in [5.41, 5.74) is 1.71. The van der Waals surface area contributed by atoms with Crippen molar-refractivity contribution >= 4 is 10.9 Å². The number of H-pyrrole nitrogens is 2. The highest BCUT2D eigenvalue weighted by molar-refractivity contribution is 5.95. The highest BCUT2D eigenvalue weighted by atomic mass is 19.4. The number of aromatic amines is 2. The Morgan fingerprint density at radius 3 is 2.61 bits per heavy atom. The second-order valence-corrected chi connectivity index (χ2v) is 7.16. The van der Waals surface area contributed by atoms with Crippen LogP contribution in [0.15, 0.2) is 42.5 Å². The first-order chi connectivity index (χ1) is 13.5. The van der Waals surface area contributed by atoms with Gasteiger partial charge in [-0.25, -0.2) is 4.98 Å². The minimum atomic E-state index is -4.40. The average molecular weight is 383 g/mol. The van der Waals surface area contributed by atoms with Gasteiger partial charge in [0.05, 0.1) is 16.8 Å². The predicted molar refractivity (Wildman–Crippen MR) is 98.3 cm³/mol. The molecule has 0 bridgehead atoms. The third-order valence-electron chi connectivity index (χ3n) is 5.00. The molecule has 4 aromatic rings.